The van der Waals surface area contributed by atoms with E-state index in [1.165, 1.54) is 12.1 Å². The number of carboxylic acid groups (broad SMARTS) is 1. The molecular weight excluding hydrogens is 203 g/mol. The first kappa shape index (κ1) is 11.0. The van der Waals surface area contributed by atoms with E-state index in [2.05, 4.69) is 4.98 Å². The molecule has 0 saturated heterocycles. The average molecular weight is 209 g/mol. The van der Waals surface area contributed by atoms with E-state index in [0.717, 1.165) is 0 Å². The molecule has 6 heteroatoms. The molecular formula is C6H6Cl2N2O2. The second-order valence-electron chi connectivity index (χ2n) is 1.91. The van der Waals surface area contributed by atoms with Crippen LogP contribution in [0.2, 0.25) is 5.15 Å². The molecule has 1 heterocycles. The first-order valence-electron chi connectivity index (χ1n) is 2.76. The topological polar surface area (TPSA) is 76.2 Å². The molecule has 1 aromatic rings. The maximum atomic E-state index is 10.3. The van der Waals surface area contributed by atoms with Gasteiger partial charge in [0.25, 0.3) is 0 Å². The van der Waals surface area contributed by atoms with E-state index >= 15 is 0 Å². The third kappa shape index (κ3) is 2.56. The maximum absolute atomic E-state index is 10.3. The summed E-state index contributed by atoms with van der Waals surface area (Å²) in [5, 5.41) is 8.54. The van der Waals surface area contributed by atoms with Gasteiger partial charge in [-0.1, -0.05) is 11.6 Å². The monoisotopic (exact) mass is 208 g/mol. The number of nitrogens with zero attached hydrogens (tertiary/aromatic N) is 1. The van der Waals surface area contributed by atoms with Crippen LogP contribution in [-0.2, 0) is 0 Å². The smallest absolute Gasteiger partial charge is 0.354 e. The molecule has 0 saturated carbocycles. The van der Waals surface area contributed by atoms with E-state index in [1.807, 2.05) is 0 Å². The van der Waals surface area contributed by atoms with Gasteiger partial charge in [-0.15, -0.1) is 12.4 Å². The second kappa shape index (κ2) is 4.13. The predicted octanol–water partition coefficient (Wildman–Crippen LogP) is 1.44. The standard InChI is InChI=1S/C6H5ClN2O2.ClH/c7-5-2-3(8)1-4(9-5)6(10)11;/h1-2H,(H2,8,9)(H,10,11);1H. The highest BCUT2D eigenvalue weighted by atomic mass is 35.5. The molecule has 0 aliphatic rings. The van der Waals surface area contributed by atoms with Crippen molar-refractivity contribution in [3.05, 3.63) is 23.0 Å². The summed E-state index contributed by atoms with van der Waals surface area (Å²) in [7, 11) is 0. The first-order valence-corrected chi connectivity index (χ1v) is 3.14. The van der Waals surface area contributed by atoms with Crippen LogP contribution in [0.1, 0.15) is 10.5 Å². The summed E-state index contributed by atoms with van der Waals surface area (Å²) in [6.45, 7) is 0. The Morgan fingerprint density at radius 1 is 1.58 bits per heavy atom. The maximum Gasteiger partial charge on any atom is 0.354 e. The van der Waals surface area contributed by atoms with Gasteiger partial charge in [-0.25, -0.2) is 9.78 Å². The van der Waals surface area contributed by atoms with Gasteiger partial charge in [-0.3, -0.25) is 0 Å². The van der Waals surface area contributed by atoms with Gasteiger partial charge in [0.05, 0.1) is 0 Å². The quantitative estimate of drug-likeness (QED) is 0.686. The molecule has 3 N–H and O–H groups in total. The Kier molecular flexibility index (Phi) is 3.79. The van der Waals surface area contributed by atoms with Crippen LogP contribution in [0.5, 0.6) is 0 Å². The van der Waals surface area contributed by atoms with Crippen LogP contribution in [0.4, 0.5) is 5.69 Å². The molecule has 4 nitrogen and oxygen atoms in total. The summed E-state index contributed by atoms with van der Waals surface area (Å²) in [5.41, 5.74) is 5.46. The van der Waals surface area contributed by atoms with Crippen molar-refractivity contribution in [1.82, 2.24) is 4.98 Å². The van der Waals surface area contributed by atoms with E-state index in [9.17, 15) is 4.79 Å². The molecule has 1 aromatic heterocycles. The molecule has 66 valence electrons. The van der Waals surface area contributed by atoms with Crippen molar-refractivity contribution in [2.24, 2.45) is 0 Å². The number of rotatable bonds is 1. The number of nitrogen functional groups attached to an aromatic ring is 1. The molecule has 0 atom stereocenters. The number of anilines is 1. The van der Waals surface area contributed by atoms with Crippen molar-refractivity contribution >= 4 is 35.7 Å². The van der Waals surface area contributed by atoms with Crippen molar-refractivity contribution in [2.45, 2.75) is 0 Å². The van der Waals surface area contributed by atoms with Gasteiger partial charge >= 0.3 is 5.97 Å². The highest BCUT2D eigenvalue weighted by molar-refractivity contribution is 6.29. The van der Waals surface area contributed by atoms with Crippen LogP contribution in [0, 0.1) is 0 Å². The van der Waals surface area contributed by atoms with Crippen molar-refractivity contribution in [3.8, 4) is 0 Å². The number of carboxylic acids is 1. The number of hydrogen-bond donors (Lipinski definition) is 2. The van der Waals surface area contributed by atoms with E-state index < -0.39 is 5.97 Å². The van der Waals surface area contributed by atoms with E-state index in [-0.39, 0.29) is 23.3 Å². The van der Waals surface area contributed by atoms with E-state index in [1.54, 1.807) is 0 Å². The molecule has 0 bridgehead atoms. The number of carbonyl (C=O) groups is 1. The van der Waals surface area contributed by atoms with Gasteiger partial charge in [-0.2, -0.15) is 0 Å². The number of aromatic nitrogens is 1. The fourth-order valence-corrected chi connectivity index (χ4v) is 0.843. The Balaban J connectivity index is 0.00000121. The summed E-state index contributed by atoms with van der Waals surface area (Å²) >= 11 is 5.44. The highest BCUT2D eigenvalue weighted by Crippen LogP contribution is 2.11. The van der Waals surface area contributed by atoms with Gasteiger partial charge < -0.3 is 10.8 Å². The SMILES string of the molecule is Cl.Nc1cc(Cl)nc(C(=O)O)c1. The van der Waals surface area contributed by atoms with Gasteiger partial charge in [0.1, 0.15) is 5.15 Å². The number of nitrogens with two attached hydrogens (primary N) is 1. The third-order valence-corrected chi connectivity index (χ3v) is 1.23. The van der Waals surface area contributed by atoms with E-state index in [0.29, 0.717) is 5.69 Å². The largest absolute Gasteiger partial charge is 0.477 e. The molecule has 0 unspecified atom stereocenters. The second-order valence-corrected chi connectivity index (χ2v) is 2.30. The summed E-state index contributed by atoms with van der Waals surface area (Å²) in [4.78, 5) is 13.8. The summed E-state index contributed by atoms with van der Waals surface area (Å²) in [5.74, 6) is -1.14. The summed E-state index contributed by atoms with van der Waals surface area (Å²) in [6, 6.07) is 2.63. The molecule has 0 amide bonds. The summed E-state index contributed by atoms with van der Waals surface area (Å²) in [6.07, 6.45) is 0. The Morgan fingerprint density at radius 2 is 2.17 bits per heavy atom. The Morgan fingerprint density at radius 3 is 2.58 bits per heavy atom. The van der Waals surface area contributed by atoms with E-state index in [4.69, 9.17) is 22.4 Å². The minimum absolute atomic E-state index is 0. The third-order valence-electron chi connectivity index (χ3n) is 1.04. The molecule has 0 aliphatic heterocycles. The molecule has 0 aromatic carbocycles. The van der Waals surface area contributed by atoms with Crippen LogP contribution in [0.3, 0.4) is 0 Å². The first-order chi connectivity index (χ1) is 5.09. The van der Waals surface area contributed by atoms with Gasteiger partial charge in [0.2, 0.25) is 0 Å². The van der Waals surface area contributed by atoms with Crippen LogP contribution >= 0.6 is 24.0 Å². The lowest BCUT2D eigenvalue weighted by Crippen LogP contribution is -2.01. The summed E-state index contributed by atoms with van der Waals surface area (Å²) < 4.78 is 0. The van der Waals surface area contributed by atoms with Crippen molar-refractivity contribution in [2.75, 3.05) is 5.73 Å². The number of hydrogen-bond acceptors (Lipinski definition) is 3. The van der Waals surface area contributed by atoms with Crippen LogP contribution < -0.4 is 5.73 Å². The normalized spacial score (nSPS) is 8.75. The molecule has 0 spiro atoms. The zero-order valence-electron chi connectivity index (χ0n) is 5.82. The average Bonchev–Trinajstić information content (AvgIpc) is 1.85. The van der Waals surface area contributed by atoms with Crippen molar-refractivity contribution in [1.29, 1.82) is 0 Å². The van der Waals surface area contributed by atoms with Crippen molar-refractivity contribution < 1.29 is 9.90 Å². The molecule has 0 radical (unpaired) electrons. The Hall–Kier alpha value is -1.00. The molecule has 0 aliphatic carbocycles. The van der Waals surface area contributed by atoms with Crippen LogP contribution in [0.15, 0.2) is 12.1 Å². The molecule has 1 rings (SSSR count). The van der Waals surface area contributed by atoms with Crippen molar-refractivity contribution in [3.63, 3.8) is 0 Å². The lowest BCUT2D eigenvalue weighted by atomic mass is 10.3. The molecule has 0 fully saturated rings. The fourth-order valence-electron chi connectivity index (χ4n) is 0.626. The number of halogens is 2. The lowest BCUT2D eigenvalue weighted by molar-refractivity contribution is 0.0690. The van der Waals surface area contributed by atoms with Crippen LogP contribution in [0.25, 0.3) is 0 Å². The zero-order chi connectivity index (χ0) is 8.43. The number of pyridine rings is 1. The predicted molar refractivity (Wildman–Crippen MR) is 47.9 cm³/mol. The number of aromatic carboxylic acids is 1. The zero-order valence-corrected chi connectivity index (χ0v) is 7.39. The minimum Gasteiger partial charge on any atom is -0.477 e. The van der Waals surface area contributed by atoms with Gasteiger partial charge in [0.15, 0.2) is 5.69 Å². The Bertz CT molecular complexity index is 283. The fraction of sp³-hybridized carbons (Fsp3) is 0. The molecule has 12 heavy (non-hydrogen) atoms. The van der Waals surface area contributed by atoms with Gasteiger partial charge in [-0.05, 0) is 12.1 Å². The van der Waals surface area contributed by atoms with Gasteiger partial charge in [0, 0.05) is 5.69 Å². The Labute approximate surface area is 79.8 Å². The lowest BCUT2D eigenvalue weighted by Gasteiger charge is -1.96. The minimum atomic E-state index is -1.14. The highest BCUT2D eigenvalue weighted by Gasteiger charge is 2.05. The van der Waals surface area contributed by atoms with Crippen LogP contribution in [-0.4, -0.2) is 16.1 Å².